The summed E-state index contributed by atoms with van der Waals surface area (Å²) >= 11 is 0. The first-order valence-electron chi connectivity index (χ1n) is 6.32. The molecule has 0 aromatic heterocycles. The van der Waals surface area contributed by atoms with Crippen molar-refractivity contribution in [3.05, 3.63) is 0 Å². The lowest BCUT2D eigenvalue weighted by Gasteiger charge is -2.32. The van der Waals surface area contributed by atoms with Gasteiger partial charge in [-0.25, -0.2) is 0 Å². The van der Waals surface area contributed by atoms with Gasteiger partial charge in [-0.1, -0.05) is 13.3 Å². The Bertz CT molecular complexity index is 281. The van der Waals surface area contributed by atoms with E-state index in [0.717, 1.165) is 25.8 Å². The minimum Gasteiger partial charge on any atom is -0.480 e. The molecule has 2 atom stereocenters. The Morgan fingerprint density at radius 2 is 2.12 bits per heavy atom. The Morgan fingerprint density at radius 3 is 2.65 bits per heavy atom. The molecule has 98 valence electrons. The van der Waals surface area contributed by atoms with Crippen molar-refractivity contribution < 1.29 is 14.7 Å². The number of carbonyl (C=O) groups is 2. The normalized spacial score (nSPS) is 24.4. The molecule has 1 aliphatic heterocycles. The molecule has 1 saturated heterocycles. The van der Waals surface area contributed by atoms with Gasteiger partial charge in [0.25, 0.3) is 0 Å². The highest BCUT2D eigenvalue weighted by Gasteiger charge is 2.29. The molecule has 0 radical (unpaired) electrons. The summed E-state index contributed by atoms with van der Waals surface area (Å²) in [6.45, 7) is 5.03. The van der Waals surface area contributed by atoms with Crippen LogP contribution < -0.4 is 5.32 Å². The van der Waals surface area contributed by atoms with E-state index in [0.29, 0.717) is 12.5 Å². The number of aliphatic carboxylic acids is 1. The van der Waals surface area contributed by atoms with Gasteiger partial charge in [0.05, 0.1) is 6.04 Å². The summed E-state index contributed by atoms with van der Waals surface area (Å²) in [4.78, 5) is 24.2. The van der Waals surface area contributed by atoms with E-state index in [1.807, 2.05) is 0 Å². The van der Waals surface area contributed by atoms with Crippen molar-refractivity contribution in [2.75, 3.05) is 19.6 Å². The minimum absolute atomic E-state index is 0.0759. The maximum Gasteiger partial charge on any atom is 0.323 e. The van der Waals surface area contributed by atoms with E-state index < -0.39 is 5.97 Å². The molecule has 5 nitrogen and oxygen atoms in total. The summed E-state index contributed by atoms with van der Waals surface area (Å²) in [5.74, 6) is -0.454. The molecule has 1 amide bonds. The topological polar surface area (TPSA) is 69.6 Å². The fourth-order valence-corrected chi connectivity index (χ4v) is 2.28. The molecule has 1 heterocycles. The van der Waals surface area contributed by atoms with Crippen LogP contribution in [0, 0.1) is 5.92 Å². The lowest BCUT2D eigenvalue weighted by atomic mass is 9.90. The molecule has 1 fully saturated rings. The fourth-order valence-electron chi connectivity index (χ4n) is 2.28. The zero-order valence-electron chi connectivity index (χ0n) is 10.6. The number of hydrogen-bond acceptors (Lipinski definition) is 3. The number of carboxylic acid groups (broad SMARTS) is 1. The number of carboxylic acids is 1. The molecule has 0 aromatic rings. The first-order chi connectivity index (χ1) is 8.08. The van der Waals surface area contributed by atoms with Gasteiger partial charge in [0.1, 0.15) is 6.54 Å². The second kappa shape index (κ2) is 6.59. The van der Waals surface area contributed by atoms with Crippen LogP contribution in [0.3, 0.4) is 0 Å². The van der Waals surface area contributed by atoms with Crippen LogP contribution in [0.5, 0.6) is 0 Å². The van der Waals surface area contributed by atoms with Crippen molar-refractivity contribution >= 4 is 11.9 Å². The predicted octanol–water partition coefficient (Wildman–Crippen LogP) is 0.698. The Labute approximate surface area is 102 Å². The van der Waals surface area contributed by atoms with Crippen molar-refractivity contribution in [2.24, 2.45) is 5.92 Å². The number of likely N-dealkylation sites (N-methyl/N-ethyl adjacent to an activating group) is 1. The van der Waals surface area contributed by atoms with Gasteiger partial charge in [-0.2, -0.15) is 0 Å². The third kappa shape index (κ3) is 4.00. The first kappa shape index (κ1) is 14.0. The van der Waals surface area contributed by atoms with E-state index in [1.54, 1.807) is 6.92 Å². The van der Waals surface area contributed by atoms with Crippen LogP contribution >= 0.6 is 0 Å². The van der Waals surface area contributed by atoms with Crippen molar-refractivity contribution in [3.8, 4) is 0 Å². The zero-order chi connectivity index (χ0) is 12.8. The third-order valence-corrected chi connectivity index (χ3v) is 3.41. The van der Waals surface area contributed by atoms with Gasteiger partial charge >= 0.3 is 5.97 Å². The molecule has 5 heteroatoms. The van der Waals surface area contributed by atoms with Crippen molar-refractivity contribution in [2.45, 2.75) is 39.2 Å². The molecule has 17 heavy (non-hydrogen) atoms. The van der Waals surface area contributed by atoms with Crippen LogP contribution in [0.2, 0.25) is 0 Å². The van der Waals surface area contributed by atoms with E-state index in [1.165, 1.54) is 4.90 Å². The van der Waals surface area contributed by atoms with Crippen LogP contribution in [-0.4, -0.2) is 47.6 Å². The summed E-state index contributed by atoms with van der Waals surface area (Å²) in [5.41, 5.74) is 0. The molecule has 2 N–H and O–H groups in total. The molecule has 0 spiro atoms. The molecule has 0 aromatic carbocycles. The van der Waals surface area contributed by atoms with E-state index in [9.17, 15) is 9.59 Å². The molecule has 0 saturated carbocycles. The Morgan fingerprint density at radius 1 is 1.41 bits per heavy atom. The summed E-state index contributed by atoms with van der Waals surface area (Å²) in [7, 11) is 0. The van der Waals surface area contributed by atoms with E-state index in [-0.39, 0.29) is 18.5 Å². The van der Waals surface area contributed by atoms with E-state index in [2.05, 4.69) is 12.2 Å². The van der Waals surface area contributed by atoms with Gasteiger partial charge in [0, 0.05) is 6.54 Å². The lowest BCUT2D eigenvalue weighted by molar-refractivity contribution is -0.145. The van der Waals surface area contributed by atoms with Gasteiger partial charge in [-0.05, 0) is 32.2 Å². The molecule has 0 aliphatic carbocycles. The highest BCUT2D eigenvalue weighted by molar-refractivity contribution is 5.85. The van der Waals surface area contributed by atoms with Crippen molar-refractivity contribution in [3.63, 3.8) is 0 Å². The number of piperidine rings is 1. The van der Waals surface area contributed by atoms with Gasteiger partial charge in [-0.3, -0.25) is 9.59 Å². The number of nitrogens with one attached hydrogen (secondary N) is 1. The monoisotopic (exact) mass is 242 g/mol. The van der Waals surface area contributed by atoms with Gasteiger partial charge < -0.3 is 15.3 Å². The maximum absolute atomic E-state index is 12.1. The third-order valence-electron chi connectivity index (χ3n) is 3.41. The largest absolute Gasteiger partial charge is 0.480 e. The lowest BCUT2D eigenvalue weighted by Crippen LogP contribution is -2.51. The Balaban J connectivity index is 2.57. The van der Waals surface area contributed by atoms with Crippen LogP contribution in [0.15, 0.2) is 0 Å². The SMILES string of the molecule is CCC1CCNC(C(=O)N(CC)CC(=O)O)C1. The molecule has 1 aliphatic rings. The number of rotatable bonds is 5. The second-order valence-corrected chi connectivity index (χ2v) is 4.55. The Kier molecular flexibility index (Phi) is 5.41. The molecule has 1 rings (SSSR count). The second-order valence-electron chi connectivity index (χ2n) is 4.55. The van der Waals surface area contributed by atoms with Gasteiger partial charge in [0.2, 0.25) is 5.91 Å². The average Bonchev–Trinajstić information content (AvgIpc) is 2.35. The van der Waals surface area contributed by atoms with E-state index in [4.69, 9.17) is 5.11 Å². The predicted molar refractivity (Wildman–Crippen MR) is 64.7 cm³/mol. The summed E-state index contributed by atoms with van der Waals surface area (Å²) in [6, 6.07) is -0.201. The van der Waals surface area contributed by atoms with Crippen LogP contribution in [-0.2, 0) is 9.59 Å². The van der Waals surface area contributed by atoms with E-state index >= 15 is 0 Å². The van der Waals surface area contributed by atoms with Crippen molar-refractivity contribution in [1.82, 2.24) is 10.2 Å². The standard InChI is InChI=1S/C12H22N2O3/c1-3-9-5-6-13-10(7-9)12(17)14(4-2)8-11(15)16/h9-10,13H,3-8H2,1-2H3,(H,15,16). The number of nitrogens with zero attached hydrogens (tertiary/aromatic N) is 1. The van der Waals surface area contributed by atoms with Crippen molar-refractivity contribution in [1.29, 1.82) is 0 Å². The van der Waals surface area contributed by atoms with Crippen LogP contribution in [0.4, 0.5) is 0 Å². The molecule has 2 unspecified atom stereocenters. The van der Waals surface area contributed by atoms with Gasteiger partial charge in [-0.15, -0.1) is 0 Å². The smallest absolute Gasteiger partial charge is 0.323 e. The number of amides is 1. The molecule has 0 bridgehead atoms. The quantitative estimate of drug-likeness (QED) is 0.744. The highest BCUT2D eigenvalue weighted by atomic mass is 16.4. The number of hydrogen-bond donors (Lipinski definition) is 2. The van der Waals surface area contributed by atoms with Gasteiger partial charge in [0.15, 0.2) is 0 Å². The summed E-state index contributed by atoms with van der Waals surface area (Å²) in [5, 5.41) is 11.9. The highest BCUT2D eigenvalue weighted by Crippen LogP contribution is 2.20. The maximum atomic E-state index is 12.1. The first-order valence-corrected chi connectivity index (χ1v) is 6.32. The van der Waals surface area contributed by atoms with Crippen LogP contribution in [0.25, 0.3) is 0 Å². The molecular formula is C12H22N2O3. The summed E-state index contributed by atoms with van der Waals surface area (Å²) in [6.07, 6.45) is 3.01. The average molecular weight is 242 g/mol. The zero-order valence-corrected chi connectivity index (χ0v) is 10.6. The summed E-state index contributed by atoms with van der Waals surface area (Å²) < 4.78 is 0. The molecular weight excluding hydrogens is 220 g/mol. The van der Waals surface area contributed by atoms with Crippen LogP contribution in [0.1, 0.15) is 33.1 Å². The fraction of sp³-hybridized carbons (Fsp3) is 0.833. The number of carbonyl (C=O) groups excluding carboxylic acids is 1. The minimum atomic E-state index is -0.956. The Hall–Kier alpha value is -1.10.